The lowest BCUT2D eigenvalue weighted by Gasteiger charge is -2.30. The van der Waals surface area contributed by atoms with Crippen LogP contribution >= 0.6 is 0 Å². The van der Waals surface area contributed by atoms with Crippen LogP contribution in [0.2, 0.25) is 0 Å². The highest BCUT2D eigenvalue weighted by molar-refractivity contribution is 6.39. The molecule has 1 fully saturated rings. The number of esters is 2. The fraction of sp³-hybridized carbons (Fsp3) is 0.643. The first-order chi connectivity index (χ1) is 10.8. The molecule has 1 aliphatic rings. The lowest BCUT2D eigenvalue weighted by molar-refractivity contribution is -0.143. The van der Waals surface area contributed by atoms with Gasteiger partial charge in [0.2, 0.25) is 5.91 Å². The molecule has 0 aliphatic carbocycles. The molecule has 0 aromatic rings. The Kier molecular flexibility index (Phi) is 6.67. The molecule has 0 aromatic carbocycles. The van der Waals surface area contributed by atoms with Gasteiger partial charge in [0.15, 0.2) is 5.71 Å². The van der Waals surface area contributed by atoms with Crippen molar-refractivity contribution in [3.8, 4) is 0 Å². The third-order valence-corrected chi connectivity index (χ3v) is 2.96. The van der Waals surface area contributed by atoms with Gasteiger partial charge in [0, 0.05) is 11.8 Å². The van der Waals surface area contributed by atoms with Crippen molar-refractivity contribution < 1.29 is 23.9 Å². The van der Waals surface area contributed by atoms with Crippen molar-refractivity contribution >= 4 is 29.4 Å². The number of hydrogen-bond acceptors (Lipinski definition) is 7. The monoisotopic (exact) mass is 326 g/mol. The van der Waals surface area contributed by atoms with Gasteiger partial charge in [-0.15, -0.1) is 10.2 Å². The molecule has 0 atom stereocenters. The van der Waals surface area contributed by atoms with E-state index >= 15 is 0 Å². The molecule has 9 nitrogen and oxygen atoms in total. The minimum Gasteiger partial charge on any atom is -0.466 e. The highest BCUT2D eigenvalue weighted by Crippen LogP contribution is 2.23. The Hall–Kier alpha value is -2.45. The second-order valence-electron chi connectivity index (χ2n) is 5.43. The molecular weight excluding hydrogens is 304 g/mol. The van der Waals surface area contributed by atoms with Crippen LogP contribution in [0.5, 0.6) is 0 Å². The number of nitrogens with zero attached hydrogens (tertiary/aromatic N) is 2. The topological polar surface area (TPSA) is 118 Å². The van der Waals surface area contributed by atoms with Crippen LogP contribution in [-0.4, -0.2) is 42.6 Å². The molecule has 23 heavy (non-hydrogen) atoms. The van der Waals surface area contributed by atoms with Gasteiger partial charge in [0.05, 0.1) is 19.6 Å². The summed E-state index contributed by atoms with van der Waals surface area (Å²) in [6.45, 7) is 7.27. The standard InChI is InChI=1S/C14H22N4O5/c1-5-22-11(20)7-9(12(21)23-6-2)15-17-13-14(3,4)8-10(19)16-18-13/h5-8H2,1-4H3,(H,16,19)(H,17,18). The molecule has 0 aromatic heterocycles. The van der Waals surface area contributed by atoms with E-state index < -0.39 is 17.4 Å². The van der Waals surface area contributed by atoms with Gasteiger partial charge in [-0.05, 0) is 13.8 Å². The Balaban J connectivity index is 2.98. The summed E-state index contributed by atoms with van der Waals surface area (Å²) in [7, 11) is 0. The summed E-state index contributed by atoms with van der Waals surface area (Å²) in [5.41, 5.74) is 4.34. The Morgan fingerprint density at radius 3 is 2.39 bits per heavy atom. The van der Waals surface area contributed by atoms with Crippen LogP contribution in [0, 0.1) is 5.41 Å². The Bertz CT molecular complexity index is 539. The zero-order valence-corrected chi connectivity index (χ0v) is 13.8. The van der Waals surface area contributed by atoms with Gasteiger partial charge in [0.1, 0.15) is 5.84 Å². The molecule has 0 bridgehead atoms. The average Bonchev–Trinajstić information content (AvgIpc) is 2.44. The first-order valence-corrected chi connectivity index (χ1v) is 7.32. The van der Waals surface area contributed by atoms with E-state index in [1.165, 1.54) is 0 Å². The molecule has 1 saturated heterocycles. The zero-order valence-electron chi connectivity index (χ0n) is 13.8. The SMILES string of the molecule is CCOC(=O)CC(=NN=C1NNC(=O)CC1(C)C)C(=O)OCC. The number of amidine groups is 1. The molecule has 1 rings (SSSR count). The molecule has 1 heterocycles. The smallest absolute Gasteiger partial charge is 0.355 e. The molecule has 0 unspecified atom stereocenters. The summed E-state index contributed by atoms with van der Waals surface area (Å²) in [5.74, 6) is -1.12. The fourth-order valence-electron chi connectivity index (χ4n) is 1.81. The van der Waals surface area contributed by atoms with Crippen molar-refractivity contribution in [2.75, 3.05) is 13.2 Å². The van der Waals surface area contributed by atoms with Gasteiger partial charge in [-0.25, -0.2) is 4.79 Å². The number of carbonyl (C=O) groups is 3. The number of rotatable bonds is 6. The number of nitrogens with one attached hydrogen (secondary N) is 2. The van der Waals surface area contributed by atoms with Crippen LogP contribution < -0.4 is 10.9 Å². The largest absolute Gasteiger partial charge is 0.466 e. The van der Waals surface area contributed by atoms with Gasteiger partial charge >= 0.3 is 11.9 Å². The third kappa shape index (κ3) is 5.68. The summed E-state index contributed by atoms with van der Waals surface area (Å²) >= 11 is 0. The van der Waals surface area contributed by atoms with Gasteiger partial charge in [0.25, 0.3) is 0 Å². The second-order valence-corrected chi connectivity index (χ2v) is 5.43. The van der Waals surface area contributed by atoms with Crippen LogP contribution in [0.3, 0.4) is 0 Å². The average molecular weight is 326 g/mol. The minimum atomic E-state index is -0.734. The van der Waals surface area contributed by atoms with Gasteiger partial charge < -0.3 is 9.47 Å². The van der Waals surface area contributed by atoms with Crippen molar-refractivity contribution in [1.82, 2.24) is 10.9 Å². The predicted octanol–water partition coefficient (Wildman–Crippen LogP) is 0.308. The first-order valence-electron chi connectivity index (χ1n) is 7.32. The number of hydrogen-bond donors (Lipinski definition) is 2. The fourth-order valence-corrected chi connectivity index (χ4v) is 1.81. The molecule has 0 spiro atoms. The lowest BCUT2D eigenvalue weighted by Crippen LogP contribution is -2.54. The summed E-state index contributed by atoms with van der Waals surface area (Å²) in [6.07, 6.45) is -0.114. The zero-order chi connectivity index (χ0) is 17.5. The summed E-state index contributed by atoms with van der Waals surface area (Å²) < 4.78 is 9.65. The maximum Gasteiger partial charge on any atom is 0.355 e. The molecule has 128 valence electrons. The third-order valence-electron chi connectivity index (χ3n) is 2.96. The Labute approximate surface area is 134 Å². The molecule has 0 radical (unpaired) electrons. The first kappa shape index (κ1) is 18.6. The normalized spacial score (nSPS) is 18.9. The van der Waals surface area contributed by atoms with E-state index in [4.69, 9.17) is 9.47 Å². The summed E-state index contributed by atoms with van der Waals surface area (Å²) in [6, 6.07) is 0. The van der Waals surface area contributed by atoms with E-state index in [-0.39, 0.29) is 37.7 Å². The van der Waals surface area contributed by atoms with E-state index in [1.54, 1.807) is 13.8 Å². The molecule has 1 amide bonds. The summed E-state index contributed by atoms with van der Waals surface area (Å²) in [4.78, 5) is 34.8. The number of hydrazine groups is 1. The number of carbonyl (C=O) groups excluding carboxylic acids is 3. The Morgan fingerprint density at radius 2 is 1.83 bits per heavy atom. The van der Waals surface area contributed by atoms with Crippen LogP contribution in [-0.2, 0) is 23.9 Å². The van der Waals surface area contributed by atoms with E-state index in [0.29, 0.717) is 5.84 Å². The van der Waals surface area contributed by atoms with Crippen molar-refractivity contribution in [1.29, 1.82) is 0 Å². The van der Waals surface area contributed by atoms with Crippen molar-refractivity contribution in [2.45, 2.75) is 40.5 Å². The lowest BCUT2D eigenvalue weighted by atomic mass is 9.86. The highest BCUT2D eigenvalue weighted by Gasteiger charge is 2.33. The van der Waals surface area contributed by atoms with Crippen LogP contribution in [0.15, 0.2) is 10.2 Å². The van der Waals surface area contributed by atoms with Gasteiger partial charge in [-0.2, -0.15) is 0 Å². The molecule has 0 saturated carbocycles. The van der Waals surface area contributed by atoms with Crippen molar-refractivity contribution in [3.63, 3.8) is 0 Å². The van der Waals surface area contributed by atoms with E-state index in [1.807, 2.05) is 13.8 Å². The minimum absolute atomic E-state index is 0.150. The maximum absolute atomic E-state index is 11.8. The van der Waals surface area contributed by atoms with Crippen LogP contribution in [0.25, 0.3) is 0 Å². The van der Waals surface area contributed by atoms with Crippen LogP contribution in [0.1, 0.15) is 40.5 Å². The van der Waals surface area contributed by atoms with E-state index in [0.717, 1.165) is 0 Å². The summed E-state index contributed by atoms with van der Waals surface area (Å²) in [5, 5.41) is 7.78. The van der Waals surface area contributed by atoms with Gasteiger partial charge in [-0.1, -0.05) is 13.8 Å². The van der Waals surface area contributed by atoms with Crippen molar-refractivity contribution in [3.05, 3.63) is 0 Å². The molecule has 9 heteroatoms. The number of ether oxygens (including phenoxy) is 2. The molecular formula is C14H22N4O5. The Morgan fingerprint density at radius 1 is 1.17 bits per heavy atom. The number of amides is 1. The van der Waals surface area contributed by atoms with E-state index in [9.17, 15) is 14.4 Å². The highest BCUT2D eigenvalue weighted by atomic mass is 16.5. The predicted molar refractivity (Wildman–Crippen MR) is 82.4 cm³/mol. The molecule has 2 N–H and O–H groups in total. The maximum atomic E-state index is 11.8. The molecule has 1 aliphatic heterocycles. The second kappa shape index (κ2) is 8.25. The van der Waals surface area contributed by atoms with Crippen LogP contribution in [0.4, 0.5) is 0 Å². The van der Waals surface area contributed by atoms with Crippen molar-refractivity contribution in [2.24, 2.45) is 15.6 Å². The van der Waals surface area contributed by atoms with E-state index in [2.05, 4.69) is 21.1 Å². The quantitative estimate of drug-likeness (QED) is 0.412. The van der Waals surface area contributed by atoms with Gasteiger partial charge in [-0.3, -0.25) is 20.4 Å².